The first kappa shape index (κ1) is 21.1. The number of carbonyl (C=O) groups excluding carboxylic acids is 1. The number of rotatable bonds is 8. The normalized spacial score (nSPS) is 11.6. The van der Waals surface area contributed by atoms with Crippen molar-refractivity contribution in [2.75, 3.05) is 18.9 Å². The largest absolute Gasteiger partial charge is 0.326 e. The van der Waals surface area contributed by atoms with Gasteiger partial charge >= 0.3 is 0 Å². The lowest BCUT2D eigenvalue weighted by Gasteiger charge is -2.17. The van der Waals surface area contributed by atoms with Gasteiger partial charge in [0.1, 0.15) is 0 Å². The lowest BCUT2D eigenvalue weighted by atomic mass is 10.0. The predicted molar refractivity (Wildman–Crippen MR) is 109 cm³/mol. The fourth-order valence-corrected chi connectivity index (χ4v) is 3.90. The molecule has 6 heteroatoms. The van der Waals surface area contributed by atoms with Crippen molar-refractivity contribution in [1.29, 1.82) is 0 Å². The Hall–Kier alpha value is -2.18. The first-order valence-corrected chi connectivity index (χ1v) is 10.6. The third-order valence-corrected chi connectivity index (χ3v) is 6.48. The van der Waals surface area contributed by atoms with Crippen molar-refractivity contribution in [2.24, 2.45) is 0 Å². The maximum absolute atomic E-state index is 12.5. The zero-order chi connectivity index (χ0) is 20.0. The third kappa shape index (κ3) is 5.65. The van der Waals surface area contributed by atoms with Gasteiger partial charge in [-0.05, 0) is 61.2 Å². The van der Waals surface area contributed by atoms with Crippen LogP contribution in [0.25, 0.3) is 0 Å². The Morgan fingerprint density at radius 1 is 1.04 bits per heavy atom. The van der Waals surface area contributed by atoms with Crippen LogP contribution in [0.2, 0.25) is 0 Å². The van der Waals surface area contributed by atoms with E-state index in [1.165, 1.54) is 22.0 Å². The van der Waals surface area contributed by atoms with E-state index in [1.54, 1.807) is 19.2 Å². The SMILES string of the molecule is CCCCN(C)S(=O)(=O)c1ccc(NC(=O)Cc2ccc(C)c(C)c2)cc1. The van der Waals surface area contributed by atoms with Crippen LogP contribution in [0.4, 0.5) is 5.69 Å². The lowest BCUT2D eigenvalue weighted by Crippen LogP contribution is -2.27. The molecule has 0 atom stereocenters. The van der Waals surface area contributed by atoms with Crippen molar-refractivity contribution in [3.05, 3.63) is 59.2 Å². The van der Waals surface area contributed by atoms with E-state index in [1.807, 2.05) is 39.0 Å². The molecule has 0 saturated heterocycles. The number of nitrogens with one attached hydrogen (secondary N) is 1. The van der Waals surface area contributed by atoms with Crippen LogP contribution in [0.5, 0.6) is 0 Å². The Bertz CT molecular complexity index is 890. The van der Waals surface area contributed by atoms with E-state index in [-0.39, 0.29) is 17.2 Å². The summed E-state index contributed by atoms with van der Waals surface area (Å²) < 4.78 is 26.4. The number of carbonyl (C=O) groups is 1. The molecule has 146 valence electrons. The molecule has 1 N–H and O–H groups in total. The summed E-state index contributed by atoms with van der Waals surface area (Å²) >= 11 is 0. The van der Waals surface area contributed by atoms with Crippen molar-refractivity contribution < 1.29 is 13.2 Å². The number of benzene rings is 2. The van der Waals surface area contributed by atoms with Crippen LogP contribution in [-0.2, 0) is 21.2 Å². The van der Waals surface area contributed by atoms with E-state index in [2.05, 4.69) is 5.32 Å². The fourth-order valence-electron chi connectivity index (χ4n) is 2.70. The molecule has 1 amide bonds. The second-order valence-electron chi connectivity index (χ2n) is 6.85. The number of sulfonamides is 1. The second-order valence-corrected chi connectivity index (χ2v) is 8.89. The smallest absolute Gasteiger partial charge is 0.242 e. The summed E-state index contributed by atoms with van der Waals surface area (Å²) in [5.41, 5.74) is 3.88. The third-order valence-electron chi connectivity index (χ3n) is 4.61. The summed E-state index contributed by atoms with van der Waals surface area (Å²) in [6, 6.07) is 12.3. The quantitative estimate of drug-likeness (QED) is 0.746. The van der Waals surface area contributed by atoms with Gasteiger partial charge < -0.3 is 5.32 Å². The number of nitrogens with zero attached hydrogens (tertiary/aromatic N) is 1. The number of aryl methyl sites for hydroxylation is 2. The Labute approximate surface area is 162 Å². The van der Waals surface area contributed by atoms with Crippen molar-refractivity contribution in [2.45, 2.75) is 44.9 Å². The first-order chi connectivity index (χ1) is 12.7. The molecule has 0 aliphatic carbocycles. The van der Waals surface area contributed by atoms with Gasteiger partial charge in [0.05, 0.1) is 11.3 Å². The van der Waals surface area contributed by atoms with Gasteiger partial charge in [0.25, 0.3) is 0 Å². The lowest BCUT2D eigenvalue weighted by molar-refractivity contribution is -0.115. The Balaban J connectivity index is 2.02. The van der Waals surface area contributed by atoms with Crippen LogP contribution in [0, 0.1) is 13.8 Å². The predicted octanol–water partition coefficient (Wildman–Crippen LogP) is 3.91. The molecule has 5 nitrogen and oxygen atoms in total. The van der Waals surface area contributed by atoms with Gasteiger partial charge in [-0.2, -0.15) is 0 Å². The van der Waals surface area contributed by atoms with Crippen LogP contribution in [0.15, 0.2) is 47.4 Å². The molecule has 0 bridgehead atoms. The van der Waals surface area contributed by atoms with E-state index in [0.717, 1.165) is 24.0 Å². The standard InChI is InChI=1S/C21H28N2O3S/c1-5-6-13-23(4)27(25,26)20-11-9-19(10-12-20)22-21(24)15-18-8-7-16(2)17(3)14-18/h7-12,14H,5-6,13,15H2,1-4H3,(H,22,24). The van der Waals surface area contributed by atoms with Gasteiger partial charge in [-0.1, -0.05) is 31.5 Å². The maximum atomic E-state index is 12.5. The van der Waals surface area contributed by atoms with Crippen LogP contribution < -0.4 is 5.32 Å². The van der Waals surface area contributed by atoms with Crippen molar-refractivity contribution >= 4 is 21.6 Å². The van der Waals surface area contributed by atoms with Gasteiger partial charge in [0, 0.05) is 19.3 Å². The summed E-state index contributed by atoms with van der Waals surface area (Å²) in [5.74, 6) is -0.131. The van der Waals surface area contributed by atoms with E-state index in [0.29, 0.717) is 12.2 Å². The van der Waals surface area contributed by atoms with Crippen molar-refractivity contribution in [3.63, 3.8) is 0 Å². The van der Waals surface area contributed by atoms with Crippen molar-refractivity contribution in [3.8, 4) is 0 Å². The summed E-state index contributed by atoms with van der Waals surface area (Å²) in [4.78, 5) is 12.5. The fraction of sp³-hybridized carbons (Fsp3) is 0.381. The average Bonchev–Trinajstić information content (AvgIpc) is 2.63. The van der Waals surface area contributed by atoms with Gasteiger partial charge in [-0.15, -0.1) is 0 Å². The second kappa shape index (κ2) is 9.15. The molecule has 2 aromatic rings. The minimum absolute atomic E-state index is 0.131. The molecule has 0 unspecified atom stereocenters. The molecule has 2 aromatic carbocycles. The van der Waals surface area contributed by atoms with Gasteiger partial charge in [0.15, 0.2) is 0 Å². The highest BCUT2D eigenvalue weighted by Crippen LogP contribution is 2.18. The van der Waals surface area contributed by atoms with Gasteiger partial charge in [-0.25, -0.2) is 12.7 Å². The summed E-state index contributed by atoms with van der Waals surface area (Å²) in [5, 5.41) is 2.82. The maximum Gasteiger partial charge on any atom is 0.242 e. The average molecular weight is 389 g/mol. The Morgan fingerprint density at radius 2 is 1.70 bits per heavy atom. The Kier molecular flexibility index (Phi) is 7.16. The highest BCUT2D eigenvalue weighted by Gasteiger charge is 2.20. The van der Waals surface area contributed by atoms with Gasteiger partial charge in [0.2, 0.25) is 15.9 Å². The van der Waals surface area contributed by atoms with E-state index < -0.39 is 10.0 Å². The van der Waals surface area contributed by atoms with Crippen LogP contribution in [0.1, 0.15) is 36.5 Å². The Morgan fingerprint density at radius 3 is 2.30 bits per heavy atom. The summed E-state index contributed by atoms with van der Waals surface area (Å²) in [7, 11) is -1.91. The zero-order valence-electron chi connectivity index (χ0n) is 16.5. The van der Waals surface area contributed by atoms with Crippen LogP contribution >= 0.6 is 0 Å². The van der Waals surface area contributed by atoms with E-state index in [4.69, 9.17) is 0 Å². The van der Waals surface area contributed by atoms with Gasteiger partial charge in [-0.3, -0.25) is 4.79 Å². The monoisotopic (exact) mass is 388 g/mol. The minimum atomic E-state index is -3.49. The molecular weight excluding hydrogens is 360 g/mol. The minimum Gasteiger partial charge on any atom is -0.326 e. The summed E-state index contributed by atoms with van der Waals surface area (Å²) in [6.45, 7) is 6.57. The number of hydrogen-bond donors (Lipinski definition) is 1. The molecule has 0 heterocycles. The number of anilines is 1. The van der Waals surface area contributed by atoms with Crippen molar-refractivity contribution in [1.82, 2.24) is 4.31 Å². The molecule has 0 saturated carbocycles. The molecule has 0 aromatic heterocycles. The van der Waals surface area contributed by atoms with Crippen LogP contribution in [-0.4, -0.2) is 32.2 Å². The zero-order valence-corrected chi connectivity index (χ0v) is 17.3. The topological polar surface area (TPSA) is 66.5 Å². The number of hydrogen-bond acceptors (Lipinski definition) is 3. The highest BCUT2D eigenvalue weighted by molar-refractivity contribution is 7.89. The summed E-state index contributed by atoms with van der Waals surface area (Å²) in [6.07, 6.45) is 2.04. The van der Waals surface area contributed by atoms with Crippen LogP contribution in [0.3, 0.4) is 0 Å². The molecule has 0 aliphatic rings. The molecule has 0 fully saturated rings. The molecule has 27 heavy (non-hydrogen) atoms. The molecule has 0 radical (unpaired) electrons. The molecule has 0 aliphatic heterocycles. The molecule has 2 rings (SSSR count). The molecule has 0 spiro atoms. The van der Waals surface area contributed by atoms with E-state index >= 15 is 0 Å². The number of unbranched alkanes of at least 4 members (excludes halogenated alkanes) is 1. The first-order valence-electron chi connectivity index (χ1n) is 9.16. The number of amides is 1. The van der Waals surface area contributed by atoms with E-state index in [9.17, 15) is 13.2 Å². The molecular formula is C21H28N2O3S. The highest BCUT2D eigenvalue weighted by atomic mass is 32.2.